The van der Waals surface area contributed by atoms with Crippen molar-refractivity contribution in [3.8, 4) is 0 Å². The molecule has 0 radical (unpaired) electrons. The summed E-state index contributed by atoms with van der Waals surface area (Å²) in [4.78, 5) is 15.9. The fraction of sp³-hybridized carbons (Fsp3) is 0.750. The van der Waals surface area contributed by atoms with Crippen LogP contribution in [0.4, 0.5) is 0 Å². The Labute approximate surface area is 137 Å². The summed E-state index contributed by atoms with van der Waals surface area (Å²) in [6.07, 6.45) is 0. The molecule has 1 aromatic heterocycles. The molecule has 1 unspecified atom stereocenters. The van der Waals surface area contributed by atoms with Gasteiger partial charge in [-0.05, 0) is 13.8 Å². The van der Waals surface area contributed by atoms with Gasteiger partial charge in [0, 0.05) is 45.0 Å². The zero-order chi connectivity index (χ0) is 16.6. The Hall–Kier alpha value is -1.44. The van der Waals surface area contributed by atoms with E-state index in [2.05, 4.69) is 23.8 Å². The SMILES string of the molecule is Cc1nn(C)c(C)c1CN1CCOC2(COCC(=O)N(C)C2)C1. The number of likely N-dealkylation sites (N-methyl/N-ethyl adjacent to an activating group) is 1. The van der Waals surface area contributed by atoms with Crippen molar-refractivity contribution in [1.82, 2.24) is 19.6 Å². The molecule has 128 valence electrons. The third kappa shape index (κ3) is 3.27. The second kappa shape index (κ2) is 6.22. The summed E-state index contributed by atoms with van der Waals surface area (Å²) in [5.41, 5.74) is 3.13. The quantitative estimate of drug-likeness (QED) is 0.773. The molecule has 1 atom stereocenters. The zero-order valence-corrected chi connectivity index (χ0v) is 14.5. The van der Waals surface area contributed by atoms with E-state index in [-0.39, 0.29) is 12.5 Å². The van der Waals surface area contributed by atoms with Crippen LogP contribution in [0.15, 0.2) is 0 Å². The minimum Gasteiger partial charge on any atom is -0.369 e. The van der Waals surface area contributed by atoms with E-state index >= 15 is 0 Å². The Morgan fingerprint density at radius 1 is 1.26 bits per heavy atom. The van der Waals surface area contributed by atoms with E-state index in [0.717, 1.165) is 25.3 Å². The molecule has 1 spiro atoms. The van der Waals surface area contributed by atoms with Crippen molar-refractivity contribution in [3.05, 3.63) is 17.0 Å². The minimum atomic E-state index is -0.427. The number of aryl methyl sites for hydroxylation is 2. The van der Waals surface area contributed by atoms with E-state index in [4.69, 9.17) is 9.47 Å². The van der Waals surface area contributed by atoms with E-state index in [9.17, 15) is 4.79 Å². The molecule has 2 aliphatic heterocycles. The average Bonchev–Trinajstić information content (AvgIpc) is 2.65. The van der Waals surface area contributed by atoms with Gasteiger partial charge in [-0.3, -0.25) is 14.4 Å². The molecule has 0 aromatic carbocycles. The third-order valence-electron chi connectivity index (χ3n) is 4.91. The van der Waals surface area contributed by atoms with Crippen LogP contribution in [0.25, 0.3) is 0 Å². The lowest BCUT2D eigenvalue weighted by Crippen LogP contribution is -2.58. The van der Waals surface area contributed by atoms with Crippen LogP contribution in [-0.4, -0.2) is 77.6 Å². The van der Waals surface area contributed by atoms with Gasteiger partial charge in [-0.25, -0.2) is 0 Å². The van der Waals surface area contributed by atoms with Crippen molar-refractivity contribution in [1.29, 1.82) is 0 Å². The van der Waals surface area contributed by atoms with Gasteiger partial charge in [0.05, 0.1) is 25.5 Å². The highest BCUT2D eigenvalue weighted by atomic mass is 16.5. The number of carbonyl (C=O) groups excluding carboxylic acids is 1. The van der Waals surface area contributed by atoms with Crippen LogP contribution in [0.5, 0.6) is 0 Å². The van der Waals surface area contributed by atoms with Crippen molar-refractivity contribution in [2.45, 2.75) is 26.0 Å². The first-order valence-electron chi connectivity index (χ1n) is 8.07. The van der Waals surface area contributed by atoms with E-state index in [1.54, 1.807) is 4.90 Å². The molecular weight excluding hydrogens is 296 g/mol. The summed E-state index contributed by atoms with van der Waals surface area (Å²) in [6.45, 7) is 8.50. The van der Waals surface area contributed by atoms with Gasteiger partial charge in [0.25, 0.3) is 0 Å². The van der Waals surface area contributed by atoms with Gasteiger partial charge in [-0.1, -0.05) is 0 Å². The fourth-order valence-corrected chi connectivity index (χ4v) is 3.51. The highest BCUT2D eigenvalue weighted by molar-refractivity contribution is 5.77. The van der Waals surface area contributed by atoms with Crippen molar-refractivity contribution >= 4 is 5.91 Å². The van der Waals surface area contributed by atoms with Crippen LogP contribution < -0.4 is 0 Å². The number of aromatic nitrogens is 2. The largest absolute Gasteiger partial charge is 0.369 e. The molecule has 2 fully saturated rings. The Balaban J connectivity index is 1.74. The highest BCUT2D eigenvalue weighted by Gasteiger charge is 2.41. The summed E-state index contributed by atoms with van der Waals surface area (Å²) < 4.78 is 13.6. The van der Waals surface area contributed by atoms with Crippen LogP contribution in [0.1, 0.15) is 17.0 Å². The normalized spacial score (nSPS) is 26.8. The fourth-order valence-electron chi connectivity index (χ4n) is 3.51. The summed E-state index contributed by atoms with van der Waals surface area (Å²) in [5.74, 6) is 0.0153. The number of hydrogen-bond donors (Lipinski definition) is 0. The van der Waals surface area contributed by atoms with Gasteiger partial charge in [0.15, 0.2) is 0 Å². The Bertz CT molecular complexity index is 600. The van der Waals surface area contributed by atoms with Crippen LogP contribution in [0, 0.1) is 13.8 Å². The lowest BCUT2D eigenvalue weighted by Gasteiger charge is -2.42. The first-order chi connectivity index (χ1) is 10.9. The molecule has 0 saturated carbocycles. The van der Waals surface area contributed by atoms with E-state index in [1.165, 1.54) is 11.3 Å². The van der Waals surface area contributed by atoms with Gasteiger partial charge in [0.2, 0.25) is 5.91 Å². The Morgan fingerprint density at radius 3 is 2.74 bits per heavy atom. The minimum absolute atomic E-state index is 0.0153. The Morgan fingerprint density at radius 2 is 2.04 bits per heavy atom. The monoisotopic (exact) mass is 322 g/mol. The lowest BCUT2D eigenvalue weighted by molar-refractivity contribution is -0.143. The summed E-state index contributed by atoms with van der Waals surface area (Å²) in [7, 11) is 3.79. The van der Waals surface area contributed by atoms with Gasteiger partial charge in [-0.2, -0.15) is 5.10 Å². The number of ether oxygens (including phenoxy) is 2. The number of carbonyl (C=O) groups is 1. The summed E-state index contributed by atoms with van der Waals surface area (Å²) in [5, 5.41) is 4.50. The van der Waals surface area contributed by atoms with Crippen LogP contribution in [0.2, 0.25) is 0 Å². The van der Waals surface area contributed by atoms with Crippen molar-refractivity contribution in [3.63, 3.8) is 0 Å². The molecule has 23 heavy (non-hydrogen) atoms. The number of hydrogen-bond acceptors (Lipinski definition) is 5. The molecule has 0 N–H and O–H groups in total. The summed E-state index contributed by atoms with van der Waals surface area (Å²) >= 11 is 0. The zero-order valence-electron chi connectivity index (χ0n) is 14.5. The van der Waals surface area contributed by atoms with Crippen LogP contribution >= 0.6 is 0 Å². The average molecular weight is 322 g/mol. The highest BCUT2D eigenvalue weighted by Crippen LogP contribution is 2.24. The molecule has 0 bridgehead atoms. The molecule has 1 amide bonds. The molecule has 7 heteroatoms. The van der Waals surface area contributed by atoms with Gasteiger partial charge in [0.1, 0.15) is 12.2 Å². The lowest BCUT2D eigenvalue weighted by atomic mass is 10.0. The molecule has 0 aliphatic carbocycles. The number of nitrogens with zero attached hydrogens (tertiary/aromatic N) is 4. The Kier molecular flexibility index (Phi) is 4.44. The molecule has 3 heterocycles. The van der Waals surface area contributed by atoms with Gasteiger partial charge < -0.3 is 14.4 Å². The van der Waals surface area contributed by atoms with Gasteiger partial charge >= 0.3 is 0 Å². The molecule has 1 aromatic rings. The first kappa shape index (κ1) is 16.4. The standard InChI is InChI=1S/C16H26N4O3/c1-12-14(13(2)19(4)17-12)7-20-5-6-23-16(10-20)9-18(3)15(21)8-22-11-16/h5-11H2,1-4H3. The van der Waals surface area contributed by atoms with E-state index in [1.807, 2.05) is 18.8 Å². The van der Waals surface area contributed by atoms with Crippen molar-refractivity contribution in [2.75, 3.05) is 46.5 Å². The number of rotatable bonds is 2. The maximum Gasteiger partial charge on any atom is 0.248 e. The second-order valence-electron chi connectivity index (χ2n) is 6.76. The topological polar surface area (TPSA) is 59.8 Å². The molecular formula is C16H26N4O3. The van der Waals surface area contributed by atoms with Crippen LogP contribution in [-0.2, 0) is 27.9 Å². The number of morpholine rings is 1. The smallest absolute Gasteiger partial charge is 0.248 e. The van der Waals surface area contributed by atoms with Crippen molar-refractivity contribution < 1.29 is 14.3 Å². The maximum absolute atomic E-state index is 11.8. The van der Waals surface area contributed by atoms with Gasteiger partial charge in [-0.15, -0.1) is 0 Å². The molecule has 7 nitrogen and oxygen atoms in total. The second-order valence-corrected chi connectivity index (χ2v) is 6.76. The molecule has 2 aliphatic rings. The predicted octanol–water partition coefficient (Wildman–Crippen LogP) is 0.0965. The first-order valence-corrected chi connectivity index (χ1v) is 8.07. The number of amides is 1. The van der Waals surface area contributed by atoms with Crippen molar-refractivity contribution in [2.24, 2.45) is 7.05 Å². The van der Waals surface area contributed by atoms with E-state index in [0.29, 0.717) is 19.8 Å². The predicted molar refractivity (Wildman–Crippen MR) is 85.1 cm³/mol. The third-order valence-corrected chi connectivity index (χ3v) is 4.91. The summed E-state index contributed by atoms with van der Waals surface area (Å²) in [6, 6.07) is 0. The maximum atomic E-state index is 11.8. The molecule has 2 saturated heterocycles. The van der Waals surface area contributed by atoms with E-state index < -0.39 is 5.60 Å². The van der Waals surface area contributed by atoms with Crippen LogP contribution in [0.3, 0.4) is 0 Å². The molecule has 3 rings (SSSR count).